The summed E-state index contributed by atoms with van der Waals surface area (Å²) in [5.41, 5.74) is 0.729. The molecule has 1 aliphatic heterocycles. The highest BCUT2D eigenvalue weighted by Crippen LogP contribution is 2.29. The van der Waals surface area contributed by atoms with Crippen molar-refractivity contribution in [1.29, 1.82) is 0 Å². The second-order valence-corrected chi connectivity index (χ2v) is 5.98. The Morgan fingerprint density at radius 2 is 2.05 bits per heavy atom. The predicted molar refractivity (Wildman–Crippen MR) is 86.1 cm³/mol. The molecule has 1 aromatic rings. The lowest BCUT2D eigenvalue weighted by molar-refractivity contribution is -0.135. The number of likely N-dealkylation sites (N-methyl/N-ethyl adjacent to an activating group) is 1. The van der Waals surface area contributed by atoms with Crippen molar-refractivity contribution in [2.45, 2.75) is 26.3 Å². The molecule has 0 spiro atoms. The Balaban J connectivity index is 1.83. The van der Waals surface area contributed by atoms with Crippen LogP contribution in [0, 0.1) is 5.41 Å². The fourth-order valence-electron chi connectivity index (χ4n) is 2.82. The van der Waals surface area contributed by atoms with Gasteiger partial charge in [0.25, 0.3) is 0 Å². The van der Waals surface area contributed by atoms with Gasteiger partial charge in [0.2, 0.25) is 11.8 Å². The highest BCUT2D eigenvalue weighted by molar-refractivity contribution is 5.88. The molecule has 0 aliphatic carbocycles. The van der Waals surface area contributed by atoms with Crippen LogP contribution in [0.1, 0.15) is 25.3 Å². The van der Waals surface area contributed by atoms with E-state index >= 15 is 0 Å². The van der Waals surface area contributed by atoms with E-state index in [-0.39, 0.29) is 23.8 Å². The van der Waals surface area contributed by atoms with Crippen molar-refractivity contribution >= 4 is 11.8 Å². The van der Waals surface area contributed by atoms with Crippen molar-refractivity contribution in [1.82, 2.24) is 15.5 Å². The van der Waals surface area contributed by atoms with Gasteiger partial charge in [0.15, 0.2) is 0 Å². The summed E-state index contributed by atoms with van der Waals surface area (Å²) in [7, 11) is 1.76. The van der Waals surface area contributed by atoms with Crippen LogP contribution in [0.15, 0.2) is 30.3 Å². The number of carbonyl (C=O) groups excluding carboxylic acids is 2. The number of benzene rings is 1. The molecule has 2 amide bonds. The molecule has 0 aromatic heterocycles. The molecule has 1 atom stereocenters. The Bertz CT molecular complexity index is 510. The number of hydrogen-bond donors (Lipinski definition) is 2. The smallest absolute Gasteiger partial charge is 0.242 e. The number of rotatable bonds is 6. The zero-order valence-corrected chi connectivity index (χ0v) is 13.4. The Kier molecular flexibility index (Phi) is 5.55. The van der Waals surface area contributed by atoms with Crippen molar-refractivity contribution in [2.24, 2.45) is 5.41 Å². The molecular formula is C17H25N3O2. The van der Waals surface area contributed by atoms with Gasteiger partial charge in [-0.2, -0.15) is 0 Å². The zero-order valence-electron chi connectivity index (χ0n) is 13.4. The summed E-state index contributed by atoms with van der Waals surface area (Å²) in [6.07, 6.45) is 1.63. The first-order valence-corrected chi connectivity index (χ1v) is 7.84. The third-order valence-corrected chi connectivity index (χ3v) is 4.49. The summed E-state index contributed by atoms with van der Waals surface area (Å²) in [6, 6.07) is 9.82. The predicted octanol–water partition coefficient (Wildman–Crippen LogP) is 1.15. The maximum Gasteiger partial charge on any atom is 0.242 e. The summed E-state index contributed by atoms with van der Waals surface area (Å²) in [5, 5.41) is 6.04. The summed E-state index contributed by atoms with van der Waals surface area (Å²) in [6.45, 7) is 4.20. The molecular weight excluding hydrogens is 278 g/mol. The summed E-state index contributed by atoms with van der Waals surface area (Å²) in [5.74, 6) is -0.0872. The van der Waals surface area contributed by atoms with Crippen molar-refractivity contribution in [2.75, 3.05) is 26.7 Å². The minimum absolute atomic E-state index is 0.0125. The molecule has 2 rings (SSSR count). The van der Waals surface area contributed by atoms with Gasteiger partial charge >= 0.3 is 0 Å². The van der Waals surface area contributed by atoms with Crippen LogP contribution in [-0.2, 0) is 16.1 Å². The largest absolute Gasteiger partial charge is 0.347 e. The van der Waals surface area contributed by atoms with E-state index in [2.05, 4.69) is 10.6 Å². The van der Waals surface area contributed by atoms with Crippen LogP contribution < -0.4 is 10.6 Å². The normalized spacial score (nSPS) is 20.6. The molecule has 0 bridgehead atoms. The van der Waals surface area contributed by atoms with Crippen LogP contribution in [0.3, 0.4) is 0 Å². The second kappa shape index (κ2) is 7.40. The van der Waals surface area contributed by atoms with Gasteiger partial charge in [0.1, 0.15) is 0 Å². The summed E-state index contributed by atoms with van der Waals surface area (Å²) >= 11 is 0. The lowest BCUT2D eigenvalue weighted by atomic mass is 9.83. The van der Waals surface area contributed by atoms with Crippen LogP contribution >= 0.6 is 0 Å². The monoisotopic (exact) mass is 303 g/mol. The lowest BCUT2D eigenvalue weighted by Crippen LogP contribution is -2.46. The minimum atomic E-state index is -0.349. The van der Waals surface area contributed by atoms with E-state index in [0.717, 1.165) is 24.9 Å². The fraction of sp³-hybridized carbons (Fsp3) is 0.529. The number of amides is 2. The van der Waals surface area contributed by atoms with Gasteiger partial charge in [-0.25, -0.2) is 0 Å². The first-order valence-electron chi connectivity index (χ1n) is 7.84. The minimum Gasteiger partial charge on any atom is -0.347 e. The van der Waals surface area contributed by atoms with Crippen LogP contribution in [0.25, 0.3) is 0 Å². The average molecular weight is 303 g/mol. The van der Waals surface area contributed by atoms with Crippen molar-refractivity contribution in [3.8, 4) is 0 Å². The molecule has 1 fully saturated rings. The molecule has 1 aromatic carbocycles. The molecule has 1 unspecified atom stereocenters. The molecule has 5 nitrogen and oxygen atoms in total. The van der Waals surface area contributed by atoms with Gasteiger partial charge in [-0.15, -0.1) is 0 Å². The molecule has 1 aliphatic rings. The second-order valence-electron chi connectivity index (χ2n) is 5.98. The molecule has 0 radical (unpaired) electrons. The number of carbonyl (C=O) groups is 2. The molecule has 120 valence electrons. The van der Waals surface area contributed by atoms with E-state index in [4.69, 9.17) is 0 Å². The number of nitrogens with zero attached hydrogens (tertiary/aromatic N) is 1. The van der Waals surface area contributed by atoms with Gasteiger partial charge in [0, 0.05) is 20.1 Å². The molecule has 1 heterocycles. The standard InChI is InChI=1S/C17H25N3O2/c1-3-17(9-10-18-13-17)16(22)19-11-15(21)20(2)12-14-7-5-4-6-8-14/h4-8,18H,3,9-13H2,1-2H3,(H,19,22). The molecule has 2 N–H and O–H groups in total. The maximum absolute atomic E-state index is 12.4. The van der Waals surface area contributed by atoms with E-state index < -0.39 is 0 Å². The Hall–Kier alpha value is -1.88. The molecule has 22 heavy (non-hydrogen) atoms. The van der Waals surface area contributed by atoms with Gasteiger partial charge in [0.05, 0.1) is 12.0 Å². The Labute approximate surface area is 132 Å². The topological polar surface area (TPSA) is 61.4 Å². The third kappa shape index (κ3) is 3.85. The van der Waals surface area contributed by atoms with Gasteiger partial charge in [-0.3, -0.25) is 9.59 Å². The summed E-state index contributed by atoms with van der Waals surface area (Å²) < 4.78 is 0. The maximum atomic E-state index is 12.4. The number of hydrogen-bond acceptors (Lipinski definition) is 3. The van der Waals surface area contributed by atoms with Crippen molar-refractivity contribution in [3.63, 3.8) is 0 Å². The van der Waals surface area contributed by atoms with Crippen molar-refractivity contribution in [3.05, 3.63) is 35.9 Å². The van der Waals surface area contributed by atoms with Gasteiger partial charge in [-0.1, -0.05) is 37.3 Å². The SMILES string of the molecule is CCC1(C(=O)NCC(=O)N(C)Cc2ccccc2)CCNC1. The number of nitrogens with one attached hydrogen (secondary N) is 2. The van der Waals surface area contributed by atoms with Crippen LogP contribution in [0.5, 0.6) is 0 Å². The van der Waals surface area contributed by atoms with E-state index in [1.807, 2.05) is 37.3 Å². The molecule has 5 heteroatoms. The first-order chi connectivity index (χ1) is 10.6. The quantitative estimate of drug-likeness (QED) is 0.829. The van der Waals surface area contributed by atoms with E-state index in [0.29, 0.717) is 13.1 Å². The van der Waals surface area contributed by atoms with E-state index in [1.165, 1.54) is 0 Å². The van der Waals surface area contributed by atoms with Gasteiger partial charge < -0.3 is 15.5 Å². The van der Waals surface area contributed by atoms with Crippen LogP contribution in [0.2, 0.25) is 0 Å². The van der Waals surface area contributed by atoms with Crippen molar-refractivity contribution < 1.29 is 9.59 Å². The Morgan fingerprint density at radius 3 is 2.64 bits per heavy atom. The van der Waals surface area contributed by atoms with E-state index in [1.54, 1.807) is 11.9 Å². The molecule has 1 saturated heterocycles. The zero-order chi connectivity index (χ0) is 16.0. The van der Waals surface area contributed by atoms with Crippen LogP contribution in [-0.4, -0.2) is 43.4 Å². The van der Waals surface area contributed by atoms with E-state index in [9.17, 15) is 9.59 Å². The summed E-state index contributed by atoms with van der Waals surface area (Å²) in [4.78, 5) is 26.2. The molecule has 0 saturated carbocycles. The Morgan fingerprint density at radius 1 is 1.32 bits per heavy atom. The first kappa shape index (κ1) is 16.5. The van der Waals surface area contributed by atoms with Gasteiger partial charge in [-0.05, 0) is 24.9 Å². The highest BCUT2D eigenvalue weighted by Gasteiger charge is 2.39. The highest BCUT2D eigenvalue weighted by atomic mass is 16.2. The third-order valence-electron chi connectivity index (χ3n) is 4.49. The lowest BCUT2D eigenvalue weighted by Gasteiger charge is -2.26. The van der Waals surface area contributed by atoms with Crippen LogP contribution in [0.4, 0.5) is 0 Å². The average Bonchev–Trinajstić information content (AvgIpc) is 3.03. The fourth-order valence-corrected chi connectivity index (χ4v) is 2.82.